The number of thioether (sulfide) groups is 1. The lowest BCUT2D eigenvalue weighted by Crippen LogP contribution is -2.59. The molecule has 3 aliphatic heterocycles. The minimum Gasteiger partial charge on any atom is -0.491 e. The minimum absolute atomic E-state index is 0.0303. The van der Waals surface area contributed by atoms with Gasteiger partial charge in [-0.25, -0.2) is 14.6 Å². The Morgan fingerprint density at radius 1 is 1.06 bits per heavy atom. The minimum atomic E-state index is -1.53. The summed E-state index contributed by atoms with van der Waals surface area (Å²) < 4.78 is 18.9. The van der Waals surface area contributed by atoms with Crippen LogP contribution in [-0.4, -0.2) is 148 Å². The topological polar surface area (TPSA) is 187 Å². The molecule has 3 aliphatic carbocycles. The Morgan fingerprint density at radius 3 is 2.45 bits per heavy atom. The number of rotatable bonds is 15. The van der Waals surface area contributed by atoms with E-state index in [9.17, 15) is 24.3 Å². The molecular formula is C46H63ClN8O8S. The van der Waals surface area contributed by atoms with Crippen molar-refractivity contribution < 1.29 is 38.5 Å². The van der Waals surface area contributed by atoms with Crippen molar-refractivity contribution in [3.63, 3.8) is 0 Å². The standard InChI is InChI=1S/C46H63ClN8O8S/c1-8-28-22-46(28,42(58)59)52-40(56)34-20-30(23-55(34)41(57)39(45(4,5)6)51-44(60)63-29-18-26-17-27(26)19-29)62-36-21-32(33-24-64-43(50-33)48-25(2)3)49-38-31(36)9-10-35(37(38)47)61-16-15-54-13-11-53(7)12-14-54/h8-10,21,25-30,33-34,39H,1,11-20,22-24H2,2-7H3,(H,48,50)(H,51,60)(H,52,56)(H,58,59)/t26-,27+,28-,29?,30-,33?,34+,39-,46-/m1/s1. The maximum Gasteiger partial charge on any atom is 0.408 e. The summed E-state index contributed by atoms with van der Waals surface area (Å²) in [5.74, 6) is -0.00348. The van der Waals surface area contributed by atoms with E-state index in [-0.39, 0.29) is 37.6 Å². The highest BCUT2D eigenvalue weighted by molar-refractivity contribution is 8.14. The van der Waals surface area contributed by atoms with Crippen molar-refractivity contribution in [1.82, 2.24) is 35.6 Å². The Hall–Kier alpha value is -4.32. The van der Waals surface area contributed by atoms with Gasteiger partial charge in [-0.2, -0.15) is 0 Å². The summed E-state index contributed by atoms with van der Waals surface area (Å²) in [6.45, 7) is 18.5. The summed E-state index contributed by atoms with van der Waals surface area (Å²) in [5.41, 5.74) is -1.21. The van der Waals surface area contributed by atoms with E-state index in [2.05, 4.69) is 53.2 Å². The van der Waals surface area contributed by atoms with Gasteiger partial charge in [0.25, 0.3) is 0 Å². The summed E-state index contributed by atoms with van der Waals surface area (Å²) in [6, 6.07) is 3.19. The van der Waals surface area contributed by atoms with Crippen molar-refractivity contribution in [1.29, 1.82) is 0 Å². The molecule has 4 heterocycles. The molecule has 3 amide bonds. The van der Waals surface area contributed by atoms with Crippen LogP contribution in [-0.2, 0) is 19.1 Å². The van der Waals surface area contributed by atoms with Gasteiger partial charge < -0.3 is 45.1 Å². The van der Waals surface area contributed by atoms with E-state index >= 15 is 0 Å². The van der Waals surface area contributed by atoms with Crippen LogP contribution in [0.3, 0.4) is 0 Å². The van der Waals surface area contributed by atoms with E-state index in [0.717, 1.165) is 50.7 Å². The molecule has 2 unspecified atom stereocenters. The predicted molar refractivity (Wildman–Crippen MR) is 246 cm³/mol. The van der Waals surface area contributed by atoms with E-state index < -0.39 is 58.9 Å². The van der Waals surface area contributed by atoms with Crippen LogP contribution in [0.25, 0.3) is 10.9 Å². The van der Waals surface area contributed by atoms with Crippen LogP contribution < -0.4 is 25.4 Å². The normalized spacial score (nSPS) is 29.5. The fraction of sp³-hybridized carbons (Fsp3) is 0.652. The highest BCUT2D eigenvalue weighted by atomic mass is 35.5. The molecule has 64 heavy (non-hydrogen) atoms. The van der Waals surface area contributed by atoms with Gasteiger partial charge in [-0.1, -0.05) is 50.2 Å². The Morgan fingerprint density at radius 2 is 1.80 bits per heavy atom. The number of pyridine rings is 1. The molecule has 9 atom stereocenters. The molecule has 1 aromatic carbocycles. The second kappa shape index (κ2) is 18.5. The number of amidine groups is 1. The number of ether oxygens (including phenoxy) is 3. The summed E-state index contributed by atoms with van der Waals surface area (Å²) in [4.78, 5) is 71.1. The number of carbonyl (C=O) groups excluding carboxylic acids is 3. The first kappa shape index (κ1) is 46.2. The molecule has 2 saturated heterocycles. The van der Waals surface area contributed by atoms with Gasteiger partial charge in [-0.15, -0.1) is 6.58 Å². The van der Waals surface area contributed by atoms with E-state index in [4.69, 9.17) is 35.8 Å². The summed E-state index contributed by atoms with van der Waals surface area (Å²) in [6.07, 6.45) is 2.94. The monoisotopic (exact) mass is 922 g/mol. The number of likely N-dealkylation sites (tertiary alicyclic amines) is 1. The summed E-state index contributed by atoms with van der Waals surface area (Å²) in [5, 5.41) is 21.0. The molecule has 0 bridgehead atoms. The van der Waals surface area contributed by atoms with Crippen molar-refractivity contribution in [3.05, 3.63) is 41.6 Å². The first-order valence-electron chi connectivity index (χ1n) is 22.7. The van der Waals surface area contributed by atoms with Crippen molar-refractivity contribution in [2.75, 3.05) is 58.7 Å². The van der Waals surface area contributed by atoms with Crippen LogP contribution in [0.1, 0.15) is 78.5 Å². The van der Waals surface area contributed by atoms with Crippen LogP contribution >= 0.6 is 23.4 Å². The highest BCUT2D eigenvalue weighted by Gasteiger charge is 2.61. The number of nitrogens with zero attached hydrogens (tertiary/aromatic N) is 5. The Bertz CT molecular complexity index is 2170. The van der Waals surface area contributed by atoms with Crippen LogP contribution in [0.15, 0.2) is 35.8 Å². The molecule has 2 aromatic rings. The number of hydrogen-bond donors (Lipinski definition) is 4. The number of aliphatic carboxylic acids is 1. The van der Waals surface area contributed by atoms with Crippen LogP contribution in [0.5, 0.6) is 11.5 Å². The third-order valence-electron chi connectivity index (χ3n) is 13.6. The number of benzene rings is 1. The lowest BCUT2D eigenvalue weighted by molar-refractivity contribution is -0.146. The number of hydrogen-bond acceptors (Lipinski definition) is 13. The zero-order valence-corrected chi connectivity index (χ0v) is 39.3. The number of carbonyl (C=O) groups is 4. The first-order chi connectivity index (χ1) is 30.4. The molecule has 16 nitrogen and oxygen atoms in total. The number of aromatic nitrogens is 1. The average molecular weight is 924 g/mol. The second-order valence-corrected chi connectivity index (χ2v) is 21.3. The van der Waals surface area contributed by atoms with E-state index in [0.29, 0.717) is 57.3 Å². The largest absolute Gasteiger partial charge is 0.491 e. The number of halogens is 1. The van der Waals surface area contributed by atoms with Gasteiger partial charge in [0, 0.05) is 68.3 Å². The second-order valence-electron chi connectivity index (χ2n) is 19.9. The number of fused-ring (bicyclic) bond motifs is 2. The maximum atomic E-state index is 14.8. The van der Waals surface area contributed by atoms with E-state index in [1.54, 1.807) is 11.8 Å². The molecule has 348 valence electrons. The fourth-order valence-electron chi connectivity index (χ4n) is 9.56. The van der Waals surface area contributed by atoms with Gasteiger partial charge in [0.15, 0.2) is 5.17 Å². The van der Waals surface area contributed by atoms with Gasteiger partial charge in [0.1, 0.15) is 59.0 Å². The molecule has 5 fully saturated rings. The quantitative estimate of drug-likeness (QED) is 0.173. The van der Waals surface area contributed by atoms with Crippen molar-refractivity contribution in [2.24, 2.45) is 28.2 Å². The van der Waals surface area contributed by atoms with Gasteiger partial charge in [-0.05, 0) is 76.0 Å². The molecule has 1 aromatic heterocycles. The van der Waals surface area contributed by atoms with Gasteiger partial charge in [0.05, 0.1) is 17.8 Å². The number of aliphatic imine (C=N–C) groups is 1. The SMILES string of the molecule is C=C[C@@H]1C[C@]1(NC(=O)[C@@H]1C[C@@H](Oc2cc(C3CSC(NC(C)C)=N3)nc3c(Cl)c(OCCN4CCN(C)CC4)ccc23)CN1C(=O)[C@@H](NC(=O)OC1C[C@@H]2C[C@@H]2C1)C(C)(C)C)C(=O)O. The number of carboxylic acids is 1. The Labute approximate surface area is 384 Å². The summed E-state index contributed by atoms with van der Waals surface area (Å²) >= 11 is 8.76. The van der Waals surface area contributed by atoms with Gasteiger partial charge in [-0.3, -0.25) is 19.5 Å². The van der Waals surface area contributed by atoms with Gasteiger partial charge >= 0.3 is 12.1 Å². The number of nitrogens with one attached hydrogen (secondary N) is 3. The molecule has 0 spiro atoms. The van der Waals surface area contributed by atoms with Crippen molar-refractivity contribution >= 4 is 63.3 Å². The molecule has 18 heteroatoms. The van der Waals surface area contributed by atoms with E-state index in [1.165, 1.54) is 17.4 Å². The highest BCUT2D eigenvalue weighted by Crippen LogP contribution is 2.52. The summed E-state index contributed by atoms with van der Waals surface area (Å²) in [7, 11) is 2.12. The van der Waals surface area contributed by atoms with Crippen LogP contribution in [0.2, 0.25) is 5.02 Å². The fourth-order valence-corrected chi connectivity index (χ4v) is 10.9. The molecule has 6 aliphatic rings. The third kappa shape index (κ3) is 10.1. The molecule has 3 saturated carbocycles. The zero-order valence-electron chi connectivity index (χ0n) is 37.7. The zero-order chi connectivity index (χ0) is 45.7. The number of amides is 3. The van der Waals surface area contributed by atoms with Crippen molar-refractivity contribution in [2.45, 2.75) is 109 Å². The number of piperazine rings is 1. The molecule has 8 rings (SSSR count). The molecular weight excluding hydrogens is 860 g/mol. The molecule has 4 N–H and O–H groups in total. The average Bonchev–Trinajstić information content (AvgIpc) is 3.91. The molecule has 0 radical (unpaired) electrons. The predicted octanol–water partition coefficient (Wildman–Crippen LogP) is 5.09. The number of carboxylic acid groups (broad SMARTS) is 1. The smallest absolute Gasteiger partial charge is 0.408 e. The van der Waals surface area contributed by atoms with Crippen LogP contribution in [0.4, 0.5) is 4.79 Å². The lowest BCUT2D eigenvalue weighted by atomic mass is 9.85. The third-order valence-corrected chi connectivity index (χ3v) is 14.9. The van der Waals surface area contributed by atoms with Crippen molar-refractivity contribution in [3.8, 4) is 11.5 Å². The van der Waals surface area contributed by atoms with Crippen LogP contribution in [0, 0.1) is 23.2 Å². The Balaban J connectivity index is 1.08. The lowest BCUT2D eigenvalue weighted by Gasteiger charge is -2.35. The first-order valence-corrected chi connectivity index (χ1v) is 24.0. The van der Waals surface area contributed by atoms with E-state index in [1.807, 2.05) is 39.0 Å². The number of likely N-dealkylation sites (N-methyl/N-ethyl adjacent to an activating group) is 1. The Kier molecular flexibility index (Phi) is 13.4. The van der Waals surface area contributed by atoms with Gasteiger partial charge in [0.2, 0.25) is 11.8 Å². The number of alkyl carbamates (subject to hydrolysis) is 1. The maximum absolute atomic E-state index is 14.8.